The van der Waals surface area contributed by atoms with Gasteiger partial charge in [0.15, 0.2) is 0 Å². The van der Waals surface area contributed by atoms with Crippen molar-refractivity contribution in [1.29, 1.82) is 0 Å². The van der Waals surface area contributed by atoms with Gasteiger partial charge in [0.2, 0.25) is 0 Å². The van der Waals surface area contributed by atoms with Crippen LogP contribution < -0.4 is 11.3 Å². The average Bonchev–Trinajstić information content (AvgIpc) is 2.33. The summed E-state index contributed by atoms with van der Waals surface area (Å²) in [5.41, 5.74) is 6.24. The fourth-order valence-corrected chi connectivity index (χ4v) is 1.03. The summed E-state index contributed by atoms with van der Waals surface area (Å²) in [5, 5.41) is 2.85. The molecule has 0 aromatic carbocycles. The molecule has 3 N–H and O–H groups in total. The van der Waals surface area contributed by atoms with Crippen molar-refractivity contribution in [2.75, 3.05) is 12.8 Å². The zero-order valence-corrected chi connectivity index (χ0v) is 7.26. The van der Waals surface area contributed by atoms with Gasteiger partial charge in [-0.1, -0.05) is 0 Å². The first-order chi connectivity index (χ1) is 5.70. The van der Waals surface area contributed by atoms with Crippen molar-refractivity contribution in [2.45, 2.75) is 20.1 Å². The van der Waals surface area contributed by atoms with E-state index in [-0.39, 0.29) is 11.2 Å². The van der Waals surface area contributed by atoms with E-state index in [1.54, 1.807) is 7.11 Å². The number of nitrogens with one attached hydrogen (secondary N) is 1. The molecule has 0 spiro atoms. The Morgan fingerprint density at radius 3 is 2.75 bits per heavy atom. The Morgan fingerprint density at radius 2 is 2.33 bits per heavy atom. The highest BCUT2D eigenvalue weighted by molar-refractivity contribution is 5.40. The highest BCUT2D eigenvalue weighted by atomic mass is 16.5. The monoisotopic (exact) mass is 171 g/mol. The minimum atomic E-state index is -0.176. The van der Waals surface area contributed by atoms with Gasteiger partial charge in [-0.05, 0) is 6.92 Å². The van der Waals surface area contributed by atoms with Crippen LogP contribution in [0.5, 0.6) is 0 Å². The lowest BCUT2D eigenvalue weighted by molar-refractivity contribution is 0.181. The molecule has 0 saturated heterocycles. The first-order valence-corrected chi connectivity index (χ1v) is 3.76. The van der Waals surface area contributed by atoms with Gasteiger partial charge in [-0.25, -0.2) is 0 Å². The van der Waals surface area contributed by atoms with E-state index in [0.717, 1.165) is 0 Å². The molecule has 68 valence electrons. The molecule has 0 unspecified atom stereocenters. The number of ether oxygens (including phenoxy) is 1. The third kappa shape index (κ3) is 1.35. The van der Waals surface area contributed by atoms with Gasteiger partial charge in [0.25, 0.3) is 5.56 Å². The first-order valence-electron chi connectivity index (χ1n) is 3.76. The number of H-pyrrole nitrogens is 1. The second-order valence-corrected chi connectivity index (χ2v) is 2.49. The predicted molar refractivity (Wildman–Crippen MR) is 45.9 cm³/mol. The molecule has 0 aliphatic carbocycles. The van der Waals surface area contributed by atoms with Gasteiger partial charge in [0, 0.05) is 13.7 Å². The third-order valence-electron chi connectivity index (χ3n) is 1.68. The van der Waals surface area contributed by atoms with Gasteiger partial charge in [0.1, 0.15) is 5.69 Å². The average molecular weight is 171 g/mol. The molecule has 0 radical (unpaired) electrons. The van der Waals surface area contributed by atoms with E-state index in [9.17, 15) is 4.79 Å². The van der Waals surface area contributed by atoms with Gasteiger partial charge in [-0.3, -0.25) is 14.6 Å². The van der Waals surface area contributed by atoms with Gasteiger partial charge in [-0.2, -0.15) is 0 Å². The second-order valence-electron chi connectivity index (χ2n) is 2.49. The van der Waals surface area contributed by atoms with E-state index in [4.69, 9.17) is 10.5 Å². The number of anilines is 1. The Hall–Kier alpha value is -1.23. The minimum Gasteiger partial charge on any atom is -0.393 e. The molecular weight excluding hydrogens is 158 g/mol. The molecule has 0 fully saturated rings. The van der Waals surface area contributed by atoms with Crippen LogP contribution >= 0.6 is 0 Å². The zero-order valence-electron chi connectivity index (χ0n) is 7.26. The quantitative estimate of drug-likeness (QED) is 0.668. The van der Waals surface area contributed by atoms with Gasteiger partial charge < -0.3 is 10.5 Å². The first kappa shape index (κ1) is 8.86. The number of nitrogen functional groups attached to an aromatic ring is 1. The van der Waals surface area contributed by atoms with Crippen LogP contribution in [0.1, 0.15) is 12.6 Å². The molecule has 0 aliphatic rings. The van der Waals surface area contributed by atoms with E-state index in [1.807, 2.05) is 6.92 Å². The number of aromatic nitrogens is 2. The van der Waals surface area contributed by atoms with Crippen LogP contribution in [0, 0.1) is 0 Å². The van der Waals surface area contributed by atoms with Crippen LogP contribution in [0.2, 0.25) is 0 Å². The molecule has 5 heteroatoms. The number of hydrogen-bond donors (Lipinski definition) is 2. The molecule has 0 saturated carbocycles. The lowest BCUT2D eigenvalue weighted by Gasteiger charge is -1.95. The van der Waals surface area contributed by atoms with E-state index >= 15 is 0 Å². The Labute approximate surface area is 70.1 Å². The largest absolute Gasteiger partial charge is 0.393 e. The third-order valence-corrected chi connectivity index (χ3v) is 1.68. The van der Waals surface area contributed by atoms with Crippen LogP contribution in [0.3, 0.4) is 0 Å². The van der Waals surface area contributed by atoms with Crippen molar-refractivity contribution < 1.29 is 4.74 Å². The van der Waals surface area contributed by atoms with Crippen molar-refractivity contribution in [3.8, 4) is 0 Å². The summed E-state index contributed by atoms with van der Waals surface area (Å²) >= 11 is 0. The van der Waals surface area contributed by atoms with E-state index < -0.39 is 0 Å². The SMILES string of the molecule is CCn1[nH]c(COC)c(N)c1=O. The summed E-state index contributed by atoms with van der Waals surface area (Å²) < 4.78 is 6.31. The normalized spacial score (nSPS) is 10.5. The van der Waals surface area contributed by atoms with Crippen LogP contribution in [-0.2, 0) is 17.9 Å². The maximum atomic E-state index is 11.2. The fraction of sp³-hybridized carbons (Fsp3) is 0.571. The van der Waals surface area contributed by atoms with Crippen LogP contribution in [0.4, 0.5) is 5.69 Å². The van der Waals surface area contributed by atoms with Gasteiger partial charge >= 0.3 is 0 Å². The van der Waals surface area contributed by atoms with E-state index in [2.05, 4.69) is 5.10 Å². The highest BCUT2D eigenvalue weighted by Gasteiger charge is 2.08. The zero-order chi connectivity index (χ0) is 9.14. The molecule has 0 atom stereocenters. The van der Waals surface area contributed by atoms with Crippen molar-refractivity contribution in [3.05, 3.63) is 16.0 Å². The maximum absolute atomic E-state index is 11.2. The van der Waals surface area contributed by atoms with Crippen LogP contribution in [0.15, 0.2) is 4.79 Å². The lowest BCUT2D eigenvalue weighted by Crippen LogP contribution is -2.17. The topological polar surface area (TPSA) is 73.0 Å². The van der Waals surface area contributed by atoms with Crippen molar-refractivity contribution >= 4 is 5.69 Å². The van der Waals surface area contributed by atoms with E-state index in [1.165, 1.54) is 4.68 Å². The summed E-state index contributed by atoms with van der Waals surface area (Å²) in [6, 6.07) is 0. The summed E-state index contributed by atoms with van der Waals surface area (Å²) in [6.45, 7) is 2.80. The van der Waals surface area contributed by atoms with Gasteiger partial charge in [-0.15, -0.1) is 0 Å². The summed E-state index contributed by atoms with van der Waals surface area (Å²) in [4.78, 5) is 11.2. The number of aryl methyl sites for hydroxylation is 1. The number of rotatable bonds is 3. The molecular formula is C7H13N3O2. The van der Waals surface area contributed by atoms with Crippen LogP contribution in [0.25, 0.3) is 0 Å². The fourth-order valence-electron chi connectivity index (χ4n) is 1.03. The molecule has 1 rings (SSSR count). The Bertz CT molecular complexity index is 313. The smallest absolute Gasteiger partial charge is 0.289 e. The Kier molecular flexibility index (Phi) is 2.54. The molecule has 1 heterocycles. The number of hydrogen-bond acceptors (Lipinski definition) is 3. The molecule has 12 heavy (non-hydrogen) atoms. The molecule has 0 aliphatic heterocycles. The maximum Gasteiger partial charge on any atom is 0.289 e. The summed E-state index contributed by atoms with van der Waals surface area (Å²) in [5.74, 6) is 0. The molecule has 0 amide bonds. The molecule has 0 bridgehead atoms. The lowest BCUT2D eigenvalue weighted by atomic mass is 10.4. The minimum absolute atomic E-state index is 0.176. The predicted octanol–water partition coefficient (Wildman–Crippen LogP) is -0.0751. The van der Waals surface area contributed by atoms with Gasteiger partial charge in [0.05, 0.1) is 12.3 Å². The second kappa shape index (κ2) is 3.44. The van der Waals surface area contributed by atoms with Crippen LogP contribution in [-0.4, -0.2) is 16.9 Å². The standard InChI is InChI=1S/C7H13N3O2/c1-3-10-7(11)6(8)5(9-10)4-12-2/h9H,3-4,8H2,1-2H3. The Morgan fingerprint density at radius 1 is 1.67 bits per heavy atom. The van der Waals surface area contributed by atoms with Crippen molar-refractivity contribution in [1.82, 2.24) is 9.78 Å². The Balaban J connectivity index is 3.07. The molecule has 1 aromatic heterocycles. The van der Waals surface area contributed by atoms with Crippen molar-refractivity contribution in [2.24, 2.45) is 0 Å². The highest BCUT2D eigenvalue weighted by Crippen LogP contribution is 2.03. The summed E-state index contributed by atoms with van der Waals surface area (Å²) in [7, 11) is 1.56. The number of methoxy groups -OCH3 is 1. The van der Waals surface area contributed by atoms with E-state index in [0.29, 0.717) is 18.8 Å². The number of nitrogens with two attached hydrogens (primary N) is 1. The number of nitrogens with zero attached hydrogens (tertiary/aromatic N) is 1. The molecule has 5 nitrogen and oxygen atoms in total. The molecule has 1 aromatic rings. The summed E-state index contributed by atoms with van der Waals surface area (Å²) in [6.07, 6.45) is 0. The van der Waals surface area contributed by atoms with Crippen molar-refractivity contribution in [3.63, 3.8) is 0 Å². The number of aromatic amines is 1.